The summed E-state index contributed by atoms with van der Waals surface area (Å²) in [5, 5.41) is 9.27. The molecule has 0 saturated heterocycles. The Balaban J connectivity index is 2.28. The lowest BCUT2D eigenvalue weighted by Gasteiger charge is -2.09. The van der Waals surface area contributed by atoms with Gasteiger partial charge in [-0.2, -0.15) is 0 Å². The number of rotatable bonds is 3. The fourth-order valence-corrected chi connectivity index (χ4v) is 2.11. The van der Waals surface area contributed by atoms with Crippen LogP contribution in [0.4, 0.5) is 4.39 Å². The summed E-state index contributed by atoms with van der Waals surface area (Å²) in [7, 11) is 0. The van der Waals surface area contributed by atoms with Crippen LogP contribution in [0.1, 0.15) is 5.56 Å². The van der Waals surface area contributed by atoms with Crippen LogP contribution in [0.25, 0.3) is 0 Å². The van der Waals surface area contributed by atoms with Gasteiger partial charge in [0.2, 0.25) is 0 Å². The Morgan fingerprint density at radius 2 is 1.89 bits per heavy atom. The van der Waals surface area contributed by atoms with E-state index in [1.807, 2.05) is 0 Å². The molecule has 0 radical (unpaired) electrons. The number of halogens is 3. The summed E-state index contributed by atoms with van der Waals surface area (Å²) in [5.41, 5.74) is 0.488. The van der Waals surface area contributed by atoms with Crippen molar-refractivity contribution < 1.29 is 14.2 Å². The maximum Gasteiger partial charge on any atom is 0.166 e. The number of benzene rings is 2. The molecule has 0 unspecified atom stereocenters. The minimum Gasteiger partial charge on any atom is -0.453 e. The molecule has 2 aromatic rings. The van der Waals surface area contributed by atoms with Gasteiger partial charge in [-0.25, -0.2) is 4.39 Å². The number of aliphatic hydroxyl groups is 1. The molecule has 94 valence electrons. The van der Waals surface area contributed by atoms with Crippen LogP contribution in [0.15, 0.2) is 40.9 Å². The van der Waals surface area contributed by atoms with Gasteiger partial charge in [-0.3, -0.25) is 0 Å². The van der Waals surface area contributed by atoms with Crippen molar-refractivity contribution >= 4 is 27.5 Å². The van der Waals surface area contributed by atoms with Gasteiger partial charge in [0.05, 0.1) is 11.6 Å². The average Bonchev–Trinajstić information content (AvgIpc) is 2.34. The van der Waals surface area contributed by atoms with Crippen LogP contribution in [0.2, 0.25) is 5.02 Å². The molecule has 0 amide bonds. The normalized spacial score (nSPS) is 10.4. The smallest absolute Gasteiger partial charge is 0.166 e. The van der Waals surface area contributed by atoms with Crippen molar-refractivity contribution in [1.29, 1.82) is 0 Å². The highest BCUT2D eigenvalue weighted by atomic mass is 79.9. The van der Waals surface area contributed by atoms with Gasteiger partial charge >= 0.3 is 0 Å². The number of hydrogen-bond acceptors (Lipinski definition) is 2. The third-order valence-electron chi connectivity index (χ3n) is 2.29. The summed E-state index contributed by atoms with van der Waals surface area (Å²) in [4.78, 5) is 0. The minimum absolute atomic E-state index is 0.0661. The fraction of sp³-hybridized carbons (Fsp3) is 0.0769. The van der Waals surface area contributed by atoms with Crippen molar-refractivity contribution in [2.45, 2.75) is 6.61 Å². The van der Waals surface area contributed by atoms with Crippen LogP contribution in [0.5, 0.6) is 11.5 Å². The first-order valence-electron chi connectivity index (χ1n) is 5.12. The highest BCUT2D eigenvalue weighted by Crippen LogP contribution is 2.32. The van der Waals surface area contributed by atoms with E-state index in [1.165, 1.54) is 12.1 Å². The average molecular weight is 332 g/mol. The van der Waals surface area contributed by atoms with Crippen LogP contribution >= 0.6 is 27.5 Å². The molecule has 1 N–H and O–H groups in total. The van der Waals surface area contributed by atoms with Crippen molar-refractivity contribution in [2.24, 2.45) is 0 Å². The van der Waals surface area contributed by atoms with Gasteiger partial charge in [-0.15, -0.1) is 0 Å². The molecule has 0 saturated carbocycles. The number of ether oxygens (including phenoxy) is 1. The van der Waals surface area contributed by atoms with Crippen molar-refractivity contribution in [2.75, 3.05) is 0 Å². The predicted molar refractivity (Wildman–Crippen MR) is 71.5 cm³/mol. The summed E-state index contributed by atoms with van der Waals surface area (Å²) in [6, 6.07) is 9.33. The van der Waals surface area contributed by atoms with Crippen LogP contribution in [0.3, 0.4) is 0 Å². The first-order valence-corrected chi connectivity index (χ1v) is 6.29. The summed E-state index contributed by atoms with van der Waals surface area (Å²) >= 11 is 9.25. The molecular formula is C13H9BrClFO2. The van der Waals surface area contributed by atoms with Gasteiger partial charge < -0.3 is 9.84 Å². The first kappa shape index (κ1) is 13.3. The Bertz CT molecular complexity index is 575. The number of aliphatic hydroxyl groups excluding tert-OH is 1. The third-order valence-corrected chi connectivity index (χ3v) is 3.08. The zero-order valence-electron chi connectivity index (χ0n) is 9.16. The standard InChI is InChI=1S/C13H9BrClFO2/c14-9-2-4-12(10(15)6-9)18-13-3-1-8(7-17)5-11(13)16/h1-6,17H,7H2. The largest absolute Gasteiger partial charge is 0.453 e. The topological polar surface area (TPSA) is 29.5 Å². The fourth-order valence-electron chi connectivity index (χ4n) is 1.40. The van der Waals surface area contributed by atoms with E-state index in [1.54, 1.807) is 24.3 Å². The first-order chi connectivity index (χ1) is 8.60. The van der Waals surface area contributed by atoms with Crippen LogP contribution < -0.4 is 4.74 Å². The summed E-state index contributed by atoms with van der Waals surface area (Å²) < 4.78 is 19.8. The van der Waals surface area contributed by atoms with Crippen molar-refractivity contribution in [1.82, 2.24) is 0 Å². The van der Waals surface area contributed by atoms with E-state index in [-0.39, 0.29) is 12.4 Å². The molecule has 0 aromatic heterocycles. The van der Waals surface area contributed by atoms with Crippen LogP contribution in [-0.4, -0.2) is 5.11 Å². The van der Waals surface area contributed by atoms with Gasteiger partial charge in [-0.1, -0.05) is 33.6 Å². The SMILES string of the molecule is OCc1ccc(Oc2ccc(Br)cc2Cl)c(F)c1. The minimum atomic E-state index is -0.541. The molecule has 0 bridgehead atoms. The number of hydrogen-bond donors (Lipinski definition) is 1. The highest BCUT2D eigenvalue weighted by molar-refractivity contribution is 9.10. The maximum absolute atomic E-state index is 13.6. The van der Waals surface area contributed by atoms with Gasteiger partial charge in [0.1, 0.15) is 5.75 Å². The lowest BCUT2D eigenvalue weighted by molar-refractivity contribution is 0.281. The van der Waals surface area contributed by atoms with Gasteiger partial charge in [-0.05, 0) is 35.9 Å². The Labute approximate surface area is 117 Å². The van der Waals surface area contributed by atoms with Crippen molar-refractivity contribution in [3.05, 3.63) is 57.3 Å². The van der Waals surface area contributed by atoms with E-state index in [0.717, 1.165) is 4.47 Å². The molecule has 0 atom stereocenters. The Morgan fingerprint density at radius 3 is 2.50 bits per heavy atom. The summed E-state index contributed by atoms with van der Waals surface area (Å²) in [5.74, 6) is -0.104. The molecule has 2 aromatic carbocycles. The quantitative estimate of drug-likeness (QED) is 0.895. The molecular weight excluding hydrogens is 322 g/mol. The summed E-state index contributed by atoms with van der Waals surface area (Å²) in [6.07, 6.45) is 0. The van der Waals surface area contributed by atoms with Gasteiger partial charge in [0.15, 0.2) is 11.6 Å². The van der Waals surface area contributed by atoms with E-state index in [0.29, 0.717) is 16.3 Å². The molecule has 2 nitrogen and oxygen atoms in total. The Kier molecular flexibility index (Phi) is 4.22. The lowest BCUT2D eigenvalue weighted by Crippen LogP contribution is -1.91. The molecule has 0 aliphatic rings. The second-order valence-electron chi connectivity index (χ2n) is 3.60. The van der Waals surface area contributed by atoms with Crippen LogP contribution in [-0.2, 0) is 6.61 Å². The van der Waals surface area contributed by atoms with E-state index in [9.17, 15) is 4.39 Å². The molecule has 18 heavy (non-hydrogen) atoms. The van der Waals surface area contributed by atoms with Crippen molar-refractivity contribution in [3.63, 3.8) is 0 Å². The molecule has 0 heterocycles. The van der Waals surface area contributed by atoms with Crippen LogP contribution in [0, 0.1) is 5.82 Å². The van der Waals surface area contributed by atoms with E-state index in [4.69, 9.17) is 21.4 Å². The van der Waals surface area contributed by atoms with Gasteiger partial charge in [0, 0.05) is 4.47 Å². The molecule has 0 aliphatic carbocycles. The zero-order valence-corrected chi connectivity index (χ0v) is 11.5. The molecule has 0 fully saturated rings. The molecule has 5 heteroatoms. The maximum atomic E-state index is 13.6. The second kappa shape index (κ2) is 5.69. The Hall–Kier alpha value is -1.10. The zero-order chi connectivity index (χ0) is 13.1. The van der Waals surface area contributed by atoms with E-state index >= 15 is 0 Å². The highest BCUT2D eigenvalue weighted by Gasteiger charge is 2.08. The van der Waals surface area contributed by atoms with E-state index in [2.05, 4.69) is 15.9 Å². The van der Waals surface area contributed by atoms with E-state index < -0.39 is 5.82 Å². The third kappa shape index (κ3) is 3.02. The van der Waals surface area contributed by atoms with Crippen molar-refractivity contribution in [3.8, 4) is 11.5 Å². The molecule has 0 aliphatic heterocycles. The Morgan fingerprint density at radius 1 is 1.17 bits per heavy atom. The lowest BCUT2D eigenvalue weighted by atomic mass is 10.2. The molecule has 2 rings (SSSR count). The summed E-state index contributed by atoms with van der Waals surface area (Å²) in [6.45, 7) is -0.212. The monoisotopic (exact) mass is 330 g/mol. The second-order valence-corrected chi connectivity index (χ2v) is 4.92. The molecule has 0 spiro atoms. The van der Waals surface area contributed by atoms with Gasteiger partial charge in [0.25, 0.3) is 0 Å². The predicted octanol–water partition coefficient (Wildman–Crippen LogP) is 4.53.